The standard InChI is InChI=1S/C11H17Br/c1-2-3-4-5-7-11(10-12)8-6-9-11/h2-4H,1,5-10H2/b4-3+. The predicted molar refractivity (Wildman–Crippen MR) is 58.6 cm³/mol. The maximum Gasteiger partial charge on any atom is 0.00880 e. The normalized spacial score (nSPS) is 20.8. The Hall–Kier alpha value is -0.0400. The second kappa shape index (κ2) is 4.86. The molecule has 0 heterocycles. The first-order chi connectivity index (χ1) is 5.83. The fraction of sp³-hybridized carbons (Fsp3) is 0.636. The van der Waals surface area contributed by atoms with Gasteiger partial charge in [0.1, 0.15) is 0 Å². The monoisotopic (exact) mass is 228 g/mol. The van der Waals surface area contributed by atoms with Crippen LogP contribution < -0.4 is 0 Å². The van der Waals surface area contributed by atoms with E-state index < -0.39 is 0 Å². The summed E-state index contributed by atoms with van der Waals surface area (Å²) in [5.74, 6) is 0. The van der Waals surface area contributed by atoms with Crippen LogP contribution in [0.5, 0.6) is 0 Å². The molecule has 0 spiro atoms. The van der Waals surface area contributed by atoms with Gasteiger partial charge < -0.3 is 0 Å². The van der Waals surface area contributed by atoms with Crippen LogP contribution in [-0.4, -0.2) is 5.33 Å². The Labute approximate surface area is 83.9 Å². The number of alkyl halides is 1. The molecular weight excluding hydrogens is 212 g/mol. The van der Waals surface area contributed by atoms with Gasteiger partial charge in [0, 0.05) is 5.33 Å². The Kier molecular flexibility index (Phi) is 4.07. The molecule has 0 unspecified atom stereocenters. The summed E-state index contributed by atoms with van der Waals surface area (Å²) in [5, 5.41) is 1.18. The molecule has 0 aromatic carbocycles. The van der Waals surface area contributed by atoms with E-state index in [0.717, 1.165) is 0 Å². The summed E-state index contributed by atoms with van der Waals surface area (Å²) in [4.78, 5) is 0. The predicted octanol–water partition coefficient (Wildman–Crippen LogP) is 4.07. The molecular formula is C11H17Br. The van der Waals surface area contributed by atoms with Crippen molar-refractivity contribution >= 4 is 15.9 Å². The van der Waals surface area contributed by atoms with Crippen LogP contribution in [0.25, 0.3) is 0 Å². The maximum atomic E-state index is 3.65. The topological polar surface area (TPSA) is 0 Å². The van der Waals surface area contributed by atoms with Crippen molar-refractivity contribution in [3.05, 3.63) is 24.8 Å². The summed E-state index contributed by atoms with van der Waals surface area (Å²) >= 11 is 3.61. The van der Waals surface area contributed by atoms with Gasteiger partial charge in [-0.2, -0.15) is 0 Å². The van der Waals surface area contributed by atoms with Crippen LogP contribution in [0.4, 0.5) is 0 Å². The molecule has 0 nitrogen and oxygen atoms in total. The zero-order valence-corrected chi connectivity index (χ0v) is 9.15. The van der Waals surface area contributed by atoms with Crippen LogP contribution in [-0.2, 0) is 0 Å². The van der Waals surface area contributed by atoms with E-state index in [4.69, 9.17) is 0 Å². The molecule has 0 bridgehead atoms. The fourth-order valence-electron chi connectivity index (χ4n) is 1.71. The Morgan fingerprint density at radius 3 is 2.58 bits per heavy atom. The van der Waals surface area contributed by atoms with Crippen LogP contribution in [0, 0.1) is 5.41 Å². The van der Waals surface area contributed by atoms with Gasteiger partial charge >= 0.3 is 0 Å². The lowest BCUT2D eigenvalue weighted by molar-refractivity contribution is 0.156. The van der Waals surface area contributed by atoms with Crippen molar-refractivity contribution in [1.82, 2.24) is 0 Å². The Morgan fingerprint density at radius 1 is 1.42 bits per heavy atom. The minimum atomic E-state index is 0.644. The summed E-state index contributed by atoms with van der Waals surface area (Å²) < 4.78 is 0. The van der Waals surface area contributed by atoms with E-state index in [1.807, 2.05) is 12.2 Å². The van der Waals surface area contributed by atoms with E-state index in [1.165, 1.54) is 37.4 Å². The van der Waals surface area contributed by atoms with Crippen molar-refractivity contribution in [1.29, 1.82) is 0 Å². The first-order valence-corrected chi connectivity index (χ1v) is 5.79. The zero-order chi connectivity index (χ0) is 8.86. The van der Waals surface area contributed by atoms with Crippen molar-refractivity contribution in [2.24, 2.45) is 5.41 Å². The van der Waals surface area contributed by atoms with E-state index in [0.29, 0.717) is 5.41 Å². The number of allylic oxidation sites excluding steroid dienone is 3. The first-order valence-electron chi connectivity index (χ1n) is 4.66. The molecule has 0 atom stereocenters. The van der Waals surface area contributed by atoms with Crippen molar-refractivity contribution in [2.75, 3.05) is 5.33 Å². The lowest BCUT2D eigenvalue weighted by Crippen LogP contribution is -2.30. The molecule has 12 heavy (non-hydrogen) atoms. The quantitative estimate of drug-likeness (QED) is 0.492. The van der Waals surface area contributed by atoms with Gasteiger partial charge in [0.15, 0.2) is 0 Å². The van der Waals surface area contributed by atoms with E-state index in [1.54, 1.807) is 0 Å². The Balaban J connectivity index is 2.20. The van der Waals surface area contributed by atoms with E-state index >= 15 is 0 Å². The Morgan fingerprint density at radius 2 is 2.17 bits per heavy atom. The van der Waals surface area contributed by atoms with Crippen molar-refractivity contribution in [3.63, 3.8) is 0 Å². The molecule has 1 aliphatic carbocycles. The summed E-state index contributed by atoms with van der Waals surface area (Å²) in [6.07, 6.45) is 12.9. The van der Waals surface area contributed by atoms with E-state index in [-0.39, 0.29) is 0 Å². The average Bonchev–Trinajstić information content (AvgIpc) is 2.02. The lowest BCUT2D eigenvalue weighted by Gasteiger charge is -2.40. The van der Waals surface area contributed by atoms with Crippen molar-refractivity contribution in [2.45, 2.75) is 32.1 Å². The van der Waals surface area contributed by atoms with Gasteiger partial charge in [-0.05, 0) is 31.1 Å². The van der Waals surface area contributed by atoms with Crippen LogP contribution in [0.1, 0.15) is 32.1 Å². The molecule has 0 amide bonds. The summed E-state index contributed by atoms with van der Waals surface area (Å²) in [7, 11) is 0. The summed E-state index contributed by atoms with van der Waals surface area (Å²) in [6.45, 7) is 3.65. The number of hydrogen-bond acceptors (Lipinski definition) is 0. The third-order valence-electron chi connectivity index (χ3n) is 2.81. The van der Waals surface area contributed by atoms with Gasteiger partial charge in [0.25, 0.3) is 0 Å². The molecule has 0 N–H and O–H groups in total. The van der Waals surface area contributed by atoms with Gasteiger partial charge in [-0.3, -0.25) is 0 Å². The first kappa shape index (κ1) is 10.0. The molecule has 68 valence electrons. The smallest absolute Gasteiger partial charge is 0.00880 e. The third-order valence-corrected chi connectivity index (χ3v) is 4.00. The van der Waals surface area contributed by atoms with Crippen LogP contribution in [0.2, 0.25) is 0 Å². The minimum absolute atomic E-state index is 0.644. The molecule has 1 saturated carbocycles. The molecule has 0 aliphatic heterocycles. The molecule has 0 radical (unpaired) electrons. The van der Waals surface area contributed by atoms with Gasteiger partial charge in [0.2, 0.25) is 0 Å². The molecule has 1 fully saturated rings. The Bertz CT molecular complexity index is 160. The highest BCUT2D eigenvalue weighted by atomic mass is 79.9. The molecule has 1 aliphatic rings. The van der Waals surface area contributed by atoms with Gasteiger partial charge in [-0.25, -0.2) is 0 Å². The highest BCUT2D eigenvalue weighted by molar-refractivity contribution is 9.09. The SMILES string of the molecule is C=C/C=C/CCC1(CBr)CCC1. The van der Waals surface area contributed by atoms with E-state index in [9.17, 15) is 0 Å². The minimum Gasteiger partial charge on any atom is -0.0991 e. The molecule has 0 aromatic rings. The summed E-state index contributed by atoms with van der Waals surface area (Å²) in [6, 6.07) is 0. The maximum absolute atomic E-state index is 3.65. The second-order valence-corrected chi connectivity index (χ2v) is 4.25. The van der Waals surface area contributed by atoms with E-state index in [2.05, 4.69) is 28.6 Å². The largest absolute Gasteiger partial charge is 0.0991 e. The fourth-order valence-corrected chi connectivity index (χ4v) is 2.55. The zero-order valence-electron chi connectivity index (χ0n) is 7.56. The summed E-state index contributed by atoms with van der Waals surface area (Å²) in [5.41, 5.74) is 0.644. The highest BCUT2D eigenvalue weighted by Gasteiger charge is 2.34. The molecule has 0 saturated heterocycles. The van der Waals surface area contributed by atoms with Gasteiger partial charge in [0.05, 0.1) is 0 Å². The highest BCUT2D eigenvalue weighted by Crippen LogP contribution is 2.46. The van der Waals surface area contributed by atoms with Gasteiger partial charge in [-0.15, -0.1) is 0 Å². The number of halogens is 1. The van der Waals surface area contributed by atoms with Gasteiger partial charge in [-0.1, -0.05) is 47.2 Å². The number of rotatable bonds is 5. The average molecular weight is 229 g/mol. The van der Waals surface area contributed by atoms with Crippen LogP contribution in [0.3, 0.4) is 0 Å². The lowest BCUT2D eigenvalue weighted by atomic mass is 9.68. The van der Waals surface area contributed by atoms with Crippen LogP contribution >= 0.6 is 15.9 Å². The van der Waals surface area contributed by atoms with Crippen molar-refractivity contribution < 1.29 is 0 Å². The molecule has 0 aromatic heterocycles. The number of hydrogen-bond donors (Lipinski definition) is 0. The van der Waals surface area contributed by atoms with Crippen molar-refractivity contribution in [3.8, 4) is 0 Å². The molecule has 1 heteroatoms. The molecule has 1 rings (SSSR count). The third kappa shape index (κ3) is 2.48. The van der Waals surface area contributed by atoms with Crippen LogP contribution in [0.15, 0.2) is 24.8 Å². The second-order valence-electron chi connectivity index (χ2n) is 3.69.